The SMILES string of the molecule is C=Cc1ccccc1C(=O)OC(C)OCC(C)C. The summed E-state index contributed by atoms with van der Waals surface area (Å²) in [5.74, 6) is 0.0216. The number of ether oxygens (including phenoxy) is 2. The third-order valence-electron chi connectivity index (χ3n) is 2.34. The van der Waals surface area contributed by atoms with Gasteiger partial charge in [-0.2, -0.15) is 0 Å². The summed E-state index contributed by atoms with van der Waals surface area (Å²) < 4.78 is 10.6. The van der Waals surface area contributed by atoms with Gasteiger partial charge in [-0.1, -0.05) is 44.7 Å². The van der Waals surface area contributed by atoms with Gasteiger partial charge in [-0.15, -0.1) is 0 Å². The molecule has 3 nitrogen and oxygen atoms in total. The van der Waals surface area contributed by atoms with E-state index in [2.05, 4.69) is 6.58 Å². The van der Waals surface area contributed by atoms with Crippen LogP contribution in [0.5, 0.6) is 0 Å². The molecule has 0 aliphatic heterocycles. The van der Waals surface area contributed by atoms with Crippen LogP contribution in [0.3, 0.4) is 0 Å². The highest BCUT2D eigenvalue weighted by Gasteiger charge is 2.14. The van der Waals surface area contributed by atoms with Crippen LogP contribution in [-0.4, -0.2) is 18.9 Å². The number of hydrogen-bond acceptors (Lipinski definition) is 3. The van der Waals surface area contributed by atoms with Crippen LogP contribution < -0.4 is 0 Å². The lowest BCUT2D eigenvalue weighted by Crippen LogP contribution is -2.20. The third kappa shape index (κ3) is 4.34. The molecular weight excluding hydrogens is 228 g/mol. The van der Waals surface area contributed by atoms with Crippen molar-refractivity contribution < 1.29 is 14.3 Å². The van der Waals surface area contributed by atoms with Crippen molar-refractivity contribution in [2.75, 3.05) is 6.61 Å². The van der Waals surface area contributed by atoms with Gasteiger partial charge in [0.2, 0.25) is 0 Å². The molecule has 1 rings (SSSR count). The lowest BCUT2D eigenvalue weighted by atomic mass is 10.1. The second-order valence-corrected chi connectivity index (χ2v) is 4.49. The molecule has 0 radical (unpaired) electrons. The average molecular weight is 248 g/mol. The molecular formula is C15H20O3. The van der Waals surface area contributed by atoms with Crippen LogP contribution >= 0.6 is 0 Å². The monoisotopic (exact) mass is 248 g/mol. The molecule has 0 aliphatic rings. The molecule has 1 atom stereocenters. The first kappa shape index (κ1) is 14.5. The number of benzene rings is 1. The molecule has 0 spiro atoms. The van der Waals surface area contributed by atoms with Gasteiger partial charge >= 0.3 is 5.97 Å². The molecule has 0 fully saturated rings. The topological polar surface area (TPSA) is 35.5 Å². The van der Waals surface area contributed by atoms with Crippen molar-refractivity contribution in [2.24, 2.45) is 5.92 Å². The van der Waals surface area contributed by atoms with E-state index in [0.717, 1.165) is 5.56 Å². The van der Waals surface area contributed by atoms with E-state index < -0.39 is 6.29 Å². The van der Waals surface area contributed by atoms with Crippen LogP contribution in [0, 0.1) is 5.92 Å². The average Bonchev–Trinajstić information content (AvgIpc) is 2.36. The molecule has 0 bridgehead atoms. The molecule has 0 amide bonds. The molecule has 1 aromatic carbocycles. The molecule has 0 heterocycles. The number of carbonyl (C=O) groups excluding carboxylic acids is 1. The van der Waals surface area contributed by atoms with Gasteiger partial charge in [0.15, 0.2) is 6.29 Å². The van der Waals surface area contributed by atoms with Crippen molar-refractivity contribution in [1.29, 1.82) is 0 Å². The second-order valence-electron chi connectivity index (χ2n) is 4.49. The number of rotatable bonds is 6. The Balaban J connectivity index is 2.62. The van der Waals surface area contributed by atoms with E-state index >= 15 is 0 Å². The minimum Gasteiger partial charge on any atom is -0.432 e. The highest BCUT2D eigenvalue weighted by Crippen LogP contribution is 2.13. The Labute approximate surface area is 108 Å². The zero-order valence-corrected chi connectivity index (χ0v) is 11.2. The second kappa shape index (κ2) is 6.97. The van der Waals surface area contributed by atoms with Gasteiger partial charge in [0.05, 0.1) is 12.2 Å². The first-order valence-electron chi connectivity index (χ1n) is 6.08. The van der Waals surface area contributed by atoms with E-state index in [1.54, 1.807) is 25.1 Å². The maximum atomic E-state index is 11.9. The zero-order valence-electron chi connectivity index (χ0n) is 11.2. The molecule has 98 valence electrons. The molecule has 1 unspecified atom stereocenters. The van der Waals surface area contributed by atoms with E-state index in [1.165, 1.54) is 0 Å². The van der Waals surface area contributed by atoms with Crippen LogP contribution in [-0.2, 0) is 9.47 Å². The molecule has 0 aliphatic carbocycles. The van der Waals surface area contributed by atoms with Crippen molar-refractivity contribution >= 4 is 12.0 Å². The summed E-state index contributed by atoms with van der Waals surface area (Å²) in [5, 5.41) is 0. The minimum atomic E-state index is -0.544. The van der Waals surface area contributed by atoms with Crippen LogP contribution in [0.1, 0.15) is 36.7 Å². The Morgan fingerprint density at radius 3 is 2.61 bits per heavy atom. The van der Waals surface area contributed by atoms with Gasteiger partial charge in [0.1, 0.15) is 0 Å². The molecule has 18 heavy (non-hydrogen) atoms. The summed E-state index contributed by atoms with van der Waals surface area (Å²) in [7, 11) is 0. The first-order valence-corrected chi connectivity index (χ1v) is 6.08. The zero-order chi connectivity index (χ0) is 13.5. The molecule has 0 saturated carbocycles. The van der Waals surface area contributed by atoms with Crippen LogP contribution in [0.4, 0.5) is 0 Å². The van der Waals surface area contributed by atoms with Crippen molar-refractivity contribution in [3.63, 3.8) is 0 Å². The third-order valence-corrected chi connectivity index (χ3v) is 2.34. The predicted octanol–water partition coefficient (Wildman–Crippen LogP) is 3.51. The van der Waals surface area contributed by atoms with E-state index in [-0.39, 0.29) is 5.97 Å². The summed E-state index contributed by atoms with van der Waals surface area (Å²) in [6.07, 6.45) is 1.09. The Morgan fingerprint density at radius 1 is 1.33 bits per heavy atom. The summed E-state index contributed by atoms with van der Waals surface area (Å²) in [6.45, 7) is 10.0. The van der Waals surface area contributed by atoms with Crippen molar-refractivity contribution in [3.8, 4) is 0 Å². The van der Waals surface area contributed by atoms with E-state index in [1.807, 2.05) is 26.0 Å². The lowest BCUT2D eigenvalue weighted by molar-refractivity contribution is -0.105. The van der Waals surface area contributed by atoms with E-state index in [4.69, 9.17) is 9.47 Å². The summed E-state index contributed by atoms with van der Waals surface area (Å²) in [5.41, 5.74) is 1.27. The van der Waals surface area contributed by atoms with E-state index in [0.29, 0.717) is 18.1 Å². The van der Waals surface area contributed by atoms with Gasteiger partial charge < -0.3 is 9.47 Å². The largest absolute Gasteiger partial charge is 0.432 e. The van der Waals surface area contributed by atoms with Crippen LogP contribution in [0.2, 0.25) is 0 Å². The molecule has 0 N–H and O–H groups in total. The highest BCUT2D eigenvalue weighted by atomic mass is 16.7. The summed E-state index contributed by atoms with van der Waals surface area (Å²) in [4.78, 5) is 11.9. The fraction of sp³-hybridized carbons (Fsp3) is 0.400. The van der Waals surface area contributed by atoms with Gasteiger partial charge in [-0.25, -0.2) is 4.79 Å². The Morgan fingerprint density at radius 2 is 2.00 bits per heavy atom. The van der Waals surface area contributed by atoms with Crippen LogP contribution in [0.15, 0.2) is 30.8 Å². The van der Waals surface area contributed by atoms with Crippen LogP contribution in [0.25, 0.3) is 6.08 Å². The Hall–Kier alpha value is -1.61. The molecule has 0 aromatic heterocycles. The number of hydrogen-bond donors (Lipinski definition) is 0. The standard InChI is InChI=1S/C15H20O3/c1-5-13-8-6-7-9-14(13)15(16)18-12(4)17-10-11(2)3/h5-9,11-12H,1,10H2,2-4H3. The van der Waals surface area contributed by atoms with Gasteiger partial charge in [0.25, 0.3) is 0 Å². The maximum absolute atomic E-state index is 11.9. The first-order chi connectivity index (χ1) is 8.54. The Kier molecular flexibility index (Phi) is 5.59. The minimum absolute atomic E-state index is 0.387. The van der Waals surface area contributed by atoms with Gasteiger partial charge in [-0.3, -0.25) is 0 Å². The quantitative estimate of drug-likeness (QED) is 0.571. The normalized spacial score (nSPS) is 12.2. The fourth-order valence-corrected chi connectivity index (χ4v) is 1.44. The van der Waals surface area contributed by atoms with Gasteiger partial charge in [0, 0.05) is 0 Å². The van der Waals surface area contributed by atoms with Crippen molar-refractivity contribution in [3.05, 3.63) is 42.0 Å². The fourth-order valence-electron chi connectivity index (χ4n) is 1.44. The smallest absolute Gasteiger partial charge is 0.341 e. The van der Waals surface area contributed by atoms with Crippen molar-refractivity contribution in [1.82, 2.24) is 0 Å². The van der Waals surface area contributed by atoms with Gasteiger partial charge in [-0.05, 0) is 24.5 Å². The summed E-state index contributed by atoms with van der Waals surface area (Å²) >= 11 is 0. The van der Waals surface area contributed by atoms with Crippen molar-refractivity contribution in [2.45, 2.75) is 27.1 Å². The molecule has 0 saturated heterocycles. The molecule has 3 heteroatoms. The molecule has 1 aromatic rings. The predicted molar refractivity (Wildman–Crippen MR) is 72.2 cm³/mol. The van der Waals surface area contributed by atoms with E-state index in [9.17, 15) is 4.79 Å². The highest BCUT2D eigenvalue weighted by molar-refractivity contribution is 5.93. The summed E-state index contributed by atoms with van der Waals surface area (Å²) in [6, 6.07) is 7.19. The lowest BCUT2D eigenvalue weighted by Gasteiger charge is -2.16. The number of esters is 1. The Bertz CT molecular complexity index is 410. The number of carbonyl (C=O) groups is 1. The maximum Gasteiger partial charge on any atom is 0.341 e.